The van der Waals surface area contributed by atoms with E-state index < -0.39 is 11.5 Å². The summed E-state index contributed by atoms with van der Waals surface area (Å²) in [4.78, 5) is 41.0. The molecule has 0 bridgehead atoms. The maximum Gasteiger partial charge on any atom is 0.287 e. The minimum Gasteiger partial charge on any atom is -0.494 e. The summed E-state index contributed by atoms with van der Waals surface area (Å²) in [5, 5.41) is 9.25. The van der Waals surface area contributed by atoms with Crippen LogP contribution in [0.3, 0.4) is 0 Å². The fraction of sp³-hybridized carbons (Fsp3) is 0.341. The van der Waals surface area contributed by atoms with Gasteiger partial charge in [-0.1, -0.05) is 107 Å². The van der Waals surface area contributed by atoms with Crippen molar-refractivity contribution in [2.24, 2.45) is 0 Å². The molecule has 0 aliphatic heterocycles. The van der Waals surface area contributed by atoms with Crippen LogP contribution in [0.5, 0.6) is 11.5 Å². The highest BCUT2D eigenvalue weighted by atomic mass is 35.5. The molecule has 0 spiro atoms. The topological polar surface area (TPSA) is 114 Å². The lowest BCUT2D eigenvalue weighted by Crippen LogP contribution is -2.24. The molecule has 5 aromatic rings. The van der Waals surface area contributed by atoms with E-state index in [1.54, 1.807) is 24.3 Å². The standard InChI is InChI=1S/C44H49Cl3N4O5S/c1-8-43(4,5)29-17-18-36(33(23-29)44(6,7)9-2)56-26-37(52)48-31-15-11-14-28(22-31)41(53)49-40-39(57-20-12-19-55-32-16-10-13-27(3)21-32)42(54)51(50-40)38-34(46)24-30(45)25-35(38)47/h10-11,13-18,21-25,50H,8-9,12,19-20,26H2,1-7H3,(H,48,52)(H,49,53). The Morgan fingerprint density at radius 2 is 1.54 bits per heavy atom. The lowest BCUT2D eigenvalue weighted by molar-refractivity contribution is -0.118. The summed E-state index contributed by atoms with van der Waals surface area (Å²) >= 11 is 20.4. The molecule has 0 fully saturated rings. The lowest BCUT2D eigenvalue weighted by Gasteiger charge is -2.30. The zero-order chi connectivity index (χ0) is 41.5. The summed E-state index contributed by atoms with van der Waals surface area (Å²) in [6.07, 6.45) is 2.50. The Hall–Kier alpha value is -4.35. The van der Waals surface area contributed by atoms with Crippen molar-refractivity contribution in [3.8, 4) is 17.2 Å². The molecule has 0 aliphatic rings. The van der Waals surface area contributed by atoms with Crippen LogP contribution in [-0.2, 0) is 15.6 Å². The van der Waals surface area contributed by atoms with Crippen LogP contribution in [0, 0.1) is 6.92 Å². The van der Waals surface area contributed by atoms with Crippen molar-refractivity contribution in [1.82, 2.24) is 9.78 Å². The van der Waals surface area contributed by atoms with Gasteiger partial charge in [-0.3, -0.25) is 19.5 Å². The van der Waals surface area contributed by atoms with E-state index in [-0.39, 0.29) is 55.4 Å². The van der Waals surface area contributed by atoms with Crippen molar-refractivity contribution in [2.75, 3.05) is 29.6 Å². The highest BCUT2D eigenvalue weighted by Gasteiger charge is 2.27. The normalized spacial score (nSPS) is 11.7. The fourth-order valence-corrected chi connectivity index (χ4v) is 7.85. The van der Waals surface area contributed by atoms with Crippen LogP contribution in [0.15, 0.2) is 88.6 Å². The number of amides is 2. The van der Waals surface area contributed by atoms with Gasteiger partial charge in [0.05, 0.1) is 16.7 Å². The van der Waals surface area contributed by atoms with Crippen molar-refractivity contribution < 1.29 is 19.1 Å². The van der Waals surface area contributed by atoms with Gasteiger partial charge in [-0.25, -0.2) is 4.68 Å². The number of benzene rings is 4. The average molecular weight is 852 g/mol. The predicted molar refractivity (Wildman–Crippen MR) is 235 cm³/mol. The summed E-state index contributed by atoms with van der Waals surface area (Å²) in [7, 11) is 0. The molecule has 1 aromatic heterocycles. The third kappa shape index (κ3) is 11.0. The zero-order valence-electron chi connectivity index (χ0n) is 33.3. The van der Waals surface area contributed by atoms with Gasteiger partial charge in [0.1, 0.15) is 27.9 Å². The molecule has 0 saturated carbocycles. The first-order valence-corrected chi connectivity index (χ1v) is 21.0. The van der Waals surface area contributed by atoms with Gasteiger partial charge in [-0.05, 0) is 96.7 Å². The molecule has 3 N–H and O–H groups in total. The third-order valence-electron chi connectivity index (χ3n) is 10.1. The summed E-state index contributed by atoms with van der Waals surface area (Å²) in [6, 6.07) is 23.5. The van der Waals surface area contributed by atoms with E-state index in [1.807, 2.05) is 37.3 Å². The number of rotatable bonds is 17. The number of aromatic amines is 1. The van der Waals surface area contributed by atoms with Crippen LogP contribution >= 0.6 is 46.6 Å². The highest BCUT2D eigenvalue weighted by Crippen LogP contribution is 2.39. The number of carbonyl (C=O) groups excluding carboxylic acids is 2. The van der Waals surface area contributed by atoms with Gasteiger partial charge in [0.2, 0.25) is 0 Å². The number of anilines is 2. The molecule has 0 unspecified atom stereocenters. The molecule has 2 amide bonds. The number of thioether (sulfide) groups is 1. The number of carbonyl (C=O) groups is 2. The number of hydrogen-bond donors (Lipinski definition) is 3. The Morgan fingerprint density at radius 1 is 0.842 bits per heavy atom. The average Bonchev–Trinajstić information content (AvgIpc) is 3.46. The minimum atomic E-state index is -0.518. The summed E-state index contributed by atoms with van der Waals surface area (Å²) < 4.78 is 13.2. The molecule has 302 valence electrons. The second-order valence-electron chi connectivity index (χ2n) is 15.1. The Kier molecular flexibility index (Phi) is 14.5. The van der Waals surface area contributed by atoms with Crippen molar-refractivity contribution in [2.45, 2.75) is 83.5 Å². The second kappa shape index (κ2) is 18.9. The zero-order valence-corrected chi connectivity index (χ0v) is 36.4. The van der Waals surface area contributed by atoms with Crippen molar-refractivity contribution in [1.29, 1.82) is 0 Å². The second-order valence-corrected chi connectivity index (χ2v) is 17.5. The third-order valence-corrected chi connectivity index (χ3v) is 12.1. The van der Waals surface area contributed by atoms with E-state index in [2.05, 4.69) is 69.4 Å². The van der Waals surface area contributed by atoms with Gasteiger partial charge in [0.25, 0.3) is 17.4 Å². The van der Waals surface area contributed by atoms with Gasteiger partial charge >= 0.3 is 0 Å². The van der Waals surface area contributed by atoms with Crippen LogP contribution < -0.4 is 25.7 Å². The Balaban J connectivity index is 1.31. The van der Waals surface area contributed by atoms with Gasteiger partial charge in [-0.15, -0.1) is 11.8 Å². The quantitative estimate of drug-likeness (QED) is 0.0634. The van der Waals surface area contributed by atoms with E-state index >= 15 is 0 Å². The first-order chi connectivity index (χ1) is 27.0. The van der Waals surface area contributed by atoms with Crippen molar-refractivity contribution >= 4 is 69.9 Å². The van der Waals surface area contributed by atoms with Crippen molar-refractivity contribution in [3.05, 3.63) is 127 Å². The maximum atomic E-state index is 13.8. The molecule has 0 aliphatic carbocycles. The van der Waals surface area contributed by atoms with Gasteiger partial charge < -0.3 is 20.1 Å². The van der Waals surface area contributed by atoms with E-state index in [9.17, 15) is 14.4 Å². The van der Waals surface area contributed by atoms with Crippen LogP contribution in [-0.4, -0.2) is 40.6 Å². The number of H-pyrrole nitrogens is 1. The molecule has 13 heteroatoms. The molecular formula is C44H49Cl3N4O5S. The summed E-state index contributed by atoms with van der Waals surface area (Å²) in [6.45, 7) is 15.3. The van der Waals surface area contributed by atoms with Crippen LogP contribution in [0.4, 0.5) is 11.5 Å². The highest BCUT2D eigenvalue weighted by molar-refractivity contribution is 7.99. The lowest BCUT2D eigenvalue weighted by atomic mass is 9.76. The summed E-state index contributed by atoms with van der Waals surface area (Å²) in [5.41, 5.74) is 3.58. The summed E-state index contributed by atoms with van der Waals surface area (Å²) in [5.74, 6) is 1.19. The van der Waals surface area contributed by atoms with Gasteiger partial charge in [-0.2, -0.15) is 0 Å². The number of nitrogens with zero attached hydrogens (tertiary/aromatic N) is 1. The number of aromatic nitrogens is 2. The number of halogens is 3. The Morgan fingerprint density at radius 3 is 2.23 bits per heavy atom. The molecule has 0 radical (unpaired) electrons. The van der Waals surface area contributed by atoms with E-state index in [0.717, 1.165) is 29.7 Å². The monoisotopic (exact) mass is 850 g/mol. The Bertz CT molecular complexity index is 2280. The largest absolute Gasteiger partial charge is 0.494 e. The smallest absolute Gasteiger partial charge is 0.287 e. The molecular weight excluding hydrogens is 803 g/mol. The van der Waals surface area contributed by atoms with Gasteiger partial charge in [0.15, 0.2) is 6.61 Å². The van der Waals surface area contributed by atoms with E-state index in [4.69, 9.17) is 44.3 Å². The van der Waals surface area contributed by atoms with Crippen LogP contribution in [0.2, 0.25) is 15.1 Å². The molecule has 0 atom stereocenters. The van der Waals surface area contributed by atoms with Crippen LogP contribution in [0.25, 0.3) is 5.69 Å². The van der Waals surface area contributed by atoms with Crippen molar-refractivity contribution in [3.63, 3.8) is 0 Å². The minimum absolute atomic E-state index is 0.00103. The molecule has 5 rings (SSSR count). The molecule has 0 saturated heterocycles. The number of nitrogens with one attached hydrogen (secondary N) is 3. The maximum absolute atomic E-state index is 13.8. The molecule has 1 heterocycles. The first-order valence-electron chi connectivity index (χ1n) is 18.8. The number of aryl methyl sites for hydroxylation is 1. The van der Waals surface area contributed by atoms with E-state index in [0.29, 0.717) is 35.2 Å². The Labute approximate surface area is 353 Å². The predicted octanol–water partition coefficient (Wildman–Crippen LogP) is 11.6. The number of hydrogen-bond acceptors (Lipinski definition) is 6. The van der Waals surface area contributed by atoms with Crippen LogP contribution in [0.1, 0.15) is 87.9 Å². The SMILES string of the molecule is CCC(C)(C)c1ccc(OCC(=O)Nc2cccc(C(=O)Nc3[nH]n(-c4c(Cl)cc(Cl)cc4Cl)c(=O)c3SCCCOc3cccc(C)c3)c2)c(C(C)(C)CC)c1. The molecule has 9 nitrogen and oxygen atoms in total. The molecule has 4 aromatic carbocycles. The first kappa shape index (κ1) is 43.8. The number of ether oxygens (including phenoxy) is 2. The fourth-order valence-electron chi connectivity index (χ4n) is 5.94. The van der Waals surface area contributed by atoms with Gasteiger partial charge in [0, 0.05) is 27.6 Å². The molecule has 57 heavy (non-hydrogen) atoms. The van der Waals surface area contributed by atoms with E-state index in [1.165, 1.54) is 34.1 Å².